The maximum Gasteiger partial charge on any atom is 0.239 e. The topological polar surface area (TPSA) is 32.3 Å². The van der Waals surface area contributed by atoms with Crippen molar-refractivity contribution in [1.82, 2.24) is 5.32 Å². The van der Waals surface area contributed by atoms with Gasteiger partial charge in [-0.1, -0.05) is 18.2 Å². The van der Waals surface area contributed by atoms with E-state index in [1.54, 1.807) is 6.08 Å². The Kier molecular flexibility index (Phi) is 5.27. The van der Waals surface area contributed by atoms with Gasteiger partial charge in [0.15, 0.2) is 0 Å². The average molecular weight is 232 g/mol. The summed E-state index contributed by atoms with van der Waals surface area (Å²) in [7, 11) is 0. The van der Waals surface area contributed by atoms with Gasteiger partial charge < -0.3 is 10.2 Å². The standard InChI is InChI=1S/C14H20N2O/c1-4-9-15-14(17)11-16(5-2)13-8-6-7-12(3)10-13/h4,6-8,10H,1,5,9,11H2,2-3H3,(H,15,17). The van der Waals surface area contributed by atoms with E-state index in [0.29, 0.717) is 13.1 Å². The van der Waals surface area contributed by atoms with Crippen LogP contribution in [0.5, 0.6) is 0 Å². The molecule has 0 aliphatic rings. The molecule has 1 rings (SSSR count). The van der Waals surface area contributed by atoms with Crippen molar-refractivity contribution in [3.63, 3.8) is 0 Å². The minimum Gasteiger partial charge on any atom is -0.362 e. The van der Waals surface area contributed by atoms with Crippen LogP contribution in [0.25, 0.3) is 0 Å². The highest BCUT2D eigenvalue weighted by Crippen LogP contribution is 2.15. The number of likely N-dealkylation sites (N-methyl/N-ethyl adjacent to an activating group) is 1. The molecule has 17 heavy (non-hydrogen) atoms. The summed E-state index contributed by atoms with van der Waals surface area (Å²) in [6.45, 7) is 9.38. The number of hydrogen-bond donors (Lipinski definition) is 1. The molecule has 0 aliphatic heterocycles. The lowest BCUT2D eigenvalue weighted by Gasteiger charge is -2.22. The van der Waals surface area contributed by atoms with Gasteiger partial charge in [0, 0.05) is 18.8 Å². The van der Waals surface area contributed by atoms with E-state index >= 15 is 0 Å². The summed E-state index contributed by atoms with van der Waals surface area (Å²) in [5, 5.41) is 2.78. The fourth-order valence-corrected chi connectivity index (χ4v) is 1.63. The Morgan fingerprint density at radius 1 is 1.53 bits per heavy atom. The molecule has 1 aromatic rings. The van der Waals surface area contributed by atoms with E-state index in [-0.39, 0.29) is 5.91 Å². The lowest BCUT2D eigenvalue weighted by atomic mass is 10.2. The molecule has 0 atom stereocenters. The molecule has 0 fully saturated rings. The van der Waals surface area contributed by atoms with Crippen molar-refractivity contribution >= 4 is 11.6 Å². The third kappa shape index (κ3) is 4.31. The van der Waals surface area contributed by atoms with Gasteiger partial charge in [0.2, 0.25) is 5.91 Å². The van der Waals surface area contributed by atoms with Gasteiger partial charge in [-0.2, -0.15) is 0 Å². The van der Waals surface area contributed by atoms with Crippen molar-refractivity contribution in [2.24, 2.45) is 0 Å². The van der Waals surface area contributed by atoms with Crippen LogP contribution in [0.4, 0.5) is 5.69 Å². The van der Waals surface area contributed by atoms with Gasteiger partial charge in [0.25, 0.3) is 0 Å². The van der Waals surface area contributed by atoms with Gasteiger partial charge >= 0.3 is 0 Å². The Bertz CT molecular complexity index is 388. The minimum absolute atomic E-state index is 0.0215. The van der Waals surface area contributed by atoms with Crippen molar-refractivity contribution in [1.29, 1.82) is 0 Å². The number of carbonyl (C=O) groups is 1. The number of hydrogen-bond acceptors (Lipinski definition) is 2. The third-order valence-electron chi connectivity index (χ3n) is 2.53. The molecule has 1 N–H and O–H groups in total. The first kappa shape index (κ1) is 13.3. The second-order valence-electron chi connectivity index (χ2n) is 3.95. The predicted molar refractivity (Wildman–Crippen MR) is 72.3 cm³/mol. The molecule has 3 nitrogen and oxygen atoms in total. The van der Waals surface area contributed by atoms with Crippen LogP contribution < -0.4 is 10.2 Å². The first-order valence-electron chi connectivity index (χ1n) is 5.86. The van der Waals surface area contributed by atoms with Gasteiger partial charge in [0.05, 0.1) is 6.54 Å². The SMILES string of the molecule is C=CCNC(=O)CN(CC)c1cccc(C)c1. The van der Waals surface area contributed by atoms with Crippen molar-refractivity contribution in [3.05, 3.63) is 42.5 Å². The van der Waals surface area contributed by atoms with Gasteiger partial charge in [-0.05, 0) is 31.5 Å². The van der Waals surface area contributed by atoms with Gasteiger partial charge in [-0.25, -0.2) is 0 Å². The maximum absolute atomic E-state index is 11.6. The van der Waals surface area contributed by atoms with Crippen molar-refractivity contribution in [3.8, 4) is 0 Å². The normalized spacial score (nSPS) is 9.76. The van der Waals surface area contributed by atoms with E-state index < -0.39 is 0 Å². The largest absolute Gasteiger partial charge is 0.362 e. The van der Waals surface area contributed by atoms with Gasteiger partial charge in [-0.3, -0.25) is 4.79 Å². The second kappa shape index (κ2) is 6.74. The third-order valence-corrected chi connectivity index (χ3v) is 2.53. The predicted octanol–water partition coefficient (Wildman–Crippen LogP) is 2.12. The van der Waals surface area contributed by atoms with E-state index in [4.69, 9.17) is 0 Å². The molecule has 1 amide bonds. The first-order chi connectivity index (χ1) is 8.17. The molecule has 0 saturated carbocycles. The lowest BCUT2D eigenvalue weighted by molar-refractivity contribution is -0.119. The van der Waals surface area contributed by atoms with Crippen LogP contribution in [-0.2, 0) is 4.79 Å². The molecule has 3 heteroatoms. The summed E-state index contributed by atoms with van der Waals surface area (Å²) in [5.41, 5.74) is 2.29. The van der Waals surface area contributed by atoms with Crippen LogP contribution in [0.1, 0.15) is 12.5 Å². The van der Waals surface area contributed by atoms with Crippen molar-refractivity contribution < 1.29 is 4.79 Å². The molecular formula is C14H20N2O. The fraction of sp³-hybridized carbons (Fsp3) is 0.357. The Hall–Kier alpha value is -1.77. The zero-order chi connectivity index (χ0) is 12.7. The highest BCUT2D eigenvalue weighted by atomic mass is 16.2. The van der Waals surface area contributed by atoms with Crippen molar-refractivity contribution in [2.75, 3.05) is 24.5 Å². The molecule has 0 aromatic heterocycles. The Morgan fingerprint density at radius 2 is 2.29 bits per heavy atom. The Balaban J connectivity index is 2.65. The molecule has 0 saturated heterocycles. The van der Waals surface area contributed by atoms with Crippen LogP contribution in [0.2, 0.25) is 0 Å². The molecule has 0 unspecified atom stereocenters. The summed E-state index contributed by atoms with van der Waals surface area (Å²) in [6, 6.07) is 8.17. The quantitative estimate of drug-likeness (QED) is 0.762. The van der Waals surface area contributed by atoms with Crippen molar-refractivity contribution in [2.45, 2.75) is 13.8 Å². The number of carbonyl (C=O) groups excluding carboxylic acids is 1. The monoisotopic (exact) mass is 232 g/mol. The number of nitrogens with one attached hydrogen (secondary N) is 1. The molecule has 0 bridgehead atoms. The van der Waals surface area contributed by atoms with Gasteiger partial charge in [0.1, 0.15) is 0 Å². The van der Waals surface area contributed by atoms with Crippen LogP contribution in [0, 0.1) is 6.92 Å². The Morgan fingerprint density at radius 3 is 2.88 bits per heavy atom. The molecule has 0 heterocycles. The van der Waals surface area contributed by atoms with E-state index in [1.807, 2.05) is 24.0 Å². The lowest BCUT2D eigenvalue weighted by Crippen LogP contribution is -2.37. The summed E-state index contributed by atoms with van der Waals surface area (Å²) in [6.07, 6.45) is 1.68. The number of anilines is 1. The fourth-order valence-electron chi connectivity index (χ4n) is 1.63. The Labute approximate surface area is 103 Å². The number of aryl methyl sites for hydroxylation is 1. The van der Waals surface area contributed by atoms with E-state index in [9.17, 15) is 4.79 Å². The van der Waals surface area contributed by atoms with Gasteiger partial charge in [-0.15, -0.1) is 6.58 Å². The highest BCUT2D eigenvalue weighted by molar-refractivity contribution is 5.81. The number of nitrogens with zero attached hydrogens (tertiary/aromatic N) is 1. The molecule has 1 aromatic carbocycles. The second-order valence-corrected chi connectivity index (χ2v) is 3.95. The number of benzene rings is 1. The number of amides is 1. The molecule has 92 valence electrons. The summed E-state index contributed by atoms with van der Waals surface area (Å²) in [4.78, 5) is 13.7. The maximum atomic E-state index is 11.6. The van der Waals surface area contributed by atoms with E-state index in [2.05, 4.69) is 31.0 Å². The first-order valence-corrected chi connectivity index (χ1v) is 5.86. The molecule has 0 spiro atoms. The van der Waals surface area contributed by atoms with Crippen LogP contribution in [-0.4, -0.2) is 25.5 Å². The van der Waals surface area contributed by atoms with Crippen LogP contribution in [0.3, 0.4) is 0 Å². The average Bonchev–Trinajstić information content (AvgIpc) is 2.33. The van der Waals surface area contributed by atoms with E-state index in [1.165, 1.54) is 5.56 Å². The molecule has 0 aliphatic carbocycles. The number of rotatable bonds is 6. The summed E-state index contributed by atoms with van der Waals surface area (Å²) in [5.74, 6) is 0.0215. The van der Waals surface area contributed by atoms with E-state index in [0.717, 1.165) is 12.2 Å². The summed E-state index contributed by atoms with van der Waals surface area (Å²) >= 11 is 0. The minimum atomic E-state index is 0.0215. The van der Waals surface area contributed by atoms with Crippen LogP contribution in [0.15, 0.2) is 36.9 Å². The zero-order valence-corrected chi connectivity index (χ0v) is 10.6. The highest BCUT2D eigenvalue weighted by Gasteiger charge is 2.08. The summed E-state index contributed by atoms with van der Waals surface area (Å²) < 4.78 is 0. The smallest absolute Gasteiger partial charge is 0.239 e. The van der Waals surface area contributed by atoms with Crippen LogP contribution >= 0.6 is 0 Å². The molecular weight excluding hydrogens is 212 g/mol. The molecule has 0 radical (unpaired) electrons. The zero-order valence-electron chi connectivity index (χ0n) is 10.6.